The van der Waals surface area contributed by atoms with Crippen molar-refractivity contribution in [3.63, 3.8) is 0 Å². The van der Waals surface area contributed by atoms with Crippen LogP contribution < -0.4 is 4.74 Å². The van der Waals surface area contributed by atoms with E-state index in [1.54, 1.807) is 10.8 Å². The molecule has 0 unspecified atom stereocenters. The van der Waals surface area contributed by atoms with Crippen molar-refractivity contribution < 1.29 is 17.5 Å². The molecule has 0 aliphatic heterocycles. The molecule has 0 atom stereocenters. The van der Waals surface area contributed by atoms with Gasteiger partial charge in [0.1, 0.15) is 28.2 Å². The van der Waals surface area contributed by atoms with E-state index in [4.69, 9.17) is 4.74 Å². The first-order chi connectivity index (χ1) is 15.4. The Kier molecular flexibility index (Phi) is 6.98. The van der Waals surface area contributed by atoms with Crippen molar-refractivity contribution in [2.24, 2.45) is 0 Å². The van der Waals surface area contributed by atoms with E-state index >= 15 is 0 Å². The average molecular weight is 489 g/mol. The molecule has 2 aromatic carbocycles. The minimum atomic E-state index is -3.42. The number of thiazole rings is 2. The van der Waals surface area contributed by atoms with E-state index in [-0.39, 0.29) is 23.9 Å². The number of rotatable bonds is 9. The molecule has 0 amide bonds. The van der Waals surface area contributed by atoms with Crippen molar-refractivity contribution in [3.8, 4) is 16.3 Å². The maximum Gasteiger partial charge on any atom is 0.161 e. The zero-order chi connectivity index (χ0) is 22.6. The van der Waals surface area contributed by atoms with Gasteiger partial charge in [-0.25, -0.2) is 22.8 Å². The molecule has 5 nitrogen and oxygen atoms in total. The van der Waals surface area contributed by atoms with Gasteiger partial charge in [-0.1, -0.05) is 31.2 Å². The molecule has 0 aliphatic rings. The van der Waals surface area contributed by atoms with Crippen LogP contribution in [0, 0.1) is 5.82 Å². The Balaban J connectivity index is 1.35. The number of sulfone groups is 1. The number of halogens is 1. The van der Waals surface area contributed by atoms with Gasteiger partial charge < -0.3 is 4.74 Å². The van der Waals surface area contributed by atoms with E-state index in [1.165, 1.54) is 52.5 Å². The summed E-state index contributed by atoms with van der Waals surface area (Å²) in [6.07, 6.45) is 0.971. The fourth-order valence-electron chi connectivity index (χ4n) is 3.05. The summed E-state index contributed by atoms with van der Waals surface area (Å²) in [7, 11) is -3.42. The van der Waals surface area contributed by atoms with Gasteiger partial charge in [-0.15, -0.1) is 22.7 Å². The van der Waals surface area contributed by atoms with Gasteiger partial charge in [0.05, 0.1) is 22.9 Å². The Morgan fingerprint density at radius 2 is 1.56 bits per heavy atom. The van der Waals surface area contributed by atoms with Gasteiger partial charge in [0.15, 0.2) is 9.84 Å². The van der Waals surface area contributed by atoms with Crippen LogP contribution >= 0.6 is 22.7 Å². The van der Waals surface area contributed by atoms with Crippen LogP contribution in [-0.4, -0.2) is 18.4 Å². The number of nitrogens with zero attached hydrogens (tertiary/aromatic N) is 2. The fourth-order valence-corrected chi connectivity index (χ4v) is 6.09. The summed E-state index contributed by atoms with van der Waals surface area (Å²) in [5.41, 5.74) is 3.26. The second-order valence-electron chi connectivity index (χ2n) is 7.20. The molecule has 0 aliphatic carbocycles. The number of aryl methyl sites for hydroxylation is 1. The van der Waals surface area contributed by atoms with E-state index in [0.717, 1.165) is 17.0 Å². The number of benzene rings is 2. The van der Waals surface area contributed by atoms with E-state index in [2.05, 4.69) is 29.0 Å². The molecule has 2 heterocycles. The Hall–Kier alpha value is -2.62. The maximum atomic E-state index is 13.0. The second-order valence-corrected chi connectivity index (χ2v) is 11.1. The summed E-state index contributed by atoms with van der Waals surface area (Å²) in [4.78, 5) is 8.87. The normalized spacial score (nSPS) is 11.6. The molecule has 0 spiro atoms. The Bertz CT molecular complexity index is 1280. The molecule has 166 valence electrons. The minimum absolute atomic E-state index is 0.129. The minimum Gasteiger partial charge on any atom is -0.486 e. The molecule has 0 bridgehead atoms. The molecular weight excluding hydrogens is 467 g/mol. The molecule has 0 fully saturated rings. The summed E-state index contributed by atoms with van der Waals surface area (Å²) in [5.74, 6) is -0.0895. The lowest BCUT2D eigenvalue weighted by Crippen LogP contribution is -2.08. The number of hydrogen-bond donors (Lipinski definition) is 0. The van der Waals surface area contributed by atoms with Crippen LogP contribution in [0.1, 0.15) is 28.9 Å². The molecular formula is C23H21FN2O3S3. The summed E-state index contributed by atoms with van der Waals surface area (Å²) in [6.45, 7) is 2.30. The zero-order valence-electron chi connectivity index (χ0n) is 17.3. The van der Waals surface area contributed by atoms with E-state index in [0.29, 0.717) is 22.1 Å². The van der Waals surface area contributed by atoms with E-state index in [9.17, 15) is 12.8 Å². The predicted octanol–water partition coefficient (Wildman–Crippen LogP) is 5.66. The molecule has 4 aromatic rings. The largest absolute Gasteiger partial charge is 0.486 e. The summed E-state index contributed by atoms with van der Waals surface area (Å²) >= 11 is 2.78. The van der Waals surface area contributed by atoms with E-state index < -0.39 is 9.84 Å². The van der Waals surface area contributed by atoms with E-state index in [1.807, 2.05) is 12.1 Å². The Morgan fingerprint density at radius 1 is 0.906 bits per heavy atom. The zero-order valence-corrected chi connectivity index (χ0v) is 19.8. The standard InChI is InChI=1S/C23H21FN2O3S3/c1-2-16-3-5-17(6-4-16)23-26-20(13-31-23)15-32(27,28)14-19-12-30-22(25-19)11-29-21-9-7-18(24)8-10-21/h3-10,12-13H,2,11,14-15H2,1H3. The molecule has 32 heavy (non-hydrogen) atoms. The van der Waals surface area contributed by atoms with Gasteiger partial charge >= 0.3 is 0 Å². The van der Waals surface area contributed by atoms with Crippen molar-refractivity contribution >= 4 is 32.5 Å². The molecule has 0 saturated heterocycles. The van der Waals surface area contributed by atoms with Gasteiger partial charge in [-0.05, 0) is 36.2 Å². The van der Waals surface area contributed by atoms with Crippen molar-refractivity contribution in [1.82, 2.24) is 9.97 Å². The quantitative estimate of drug-likeness (QED) is 0.304. The SMILES string of the molecule is CCc1ccc(-c2nc(CS(=O)(=O)Cc3csc(COc4ccc(F)cc4)n3)cs2)cc1. The highest BCUT2D eigenvalue weighted by molar-refractivity contribution is 7.89. The lowest BCUT2D eigenvalue weighted by Gasteiger charge is -2.03. The van der Waals surface area contributed by atoms with Crippen LogP contribution in [0.25, 0.3) is 10.6 Å². The Morgan fingerprint density at radius 3 is 2.25 bits per heavy atom. The first-order valence-corrected chi connectivity index (χ1v) is 13.5. The molecule has 9 heteroatoms. The van der Waals surface area contributed by atoms with Gasteiger partial charge in [-0.2, -0.15) is 0 Å². The van der Waals surface area contributed by atoms with Gasteiger partial charge in [0.25, 0.3) is 0 Å². The first kappa shape index (κ1) is 22.6. The number of ether oxygens (including phenoxy) is 1. The van der Waals surface area contributed by atoms with Crippen molar-refractivity contribution in [2.45, 2.75) is 31.5 Å². The smallest absolute Gasteiger partial charge is 0.161 e. The maximum absolute atomic E-state index is 13.0. The third kappa shape index (κ3) is 5.99. The molecule has 4 rings (SSSR count). The van der Waals surface area contributed by atoms with Crippen molar-refractivity contribution in [2.75, 3.05) is 0 Å². The molecule has 2 aromatic heterocycles. The molecule has 0 N–H and O–H groups in total. The molecule has 0 radical (unpaired) electrons. The summed E-state index contributed by atoms with van der Waals surface area (Å²) in [6, 6.07) is 13.9. The second kappa shape index (κ2) is 9.89. The molecule has 0 saturated carbocycles. The van der Waals surface area contributed by atoms with Gasteiger partial charge in [0, 0.05) is 16.3 Å². The Labute approximate surface area is 194 Å². The monoisotopic (exact) mass is 488 g/mol. The highest BCUT2D eigenvalue weighted by Gasteiger charge is 2.18. The lowest BCUT2D eigenvalue weighted by molar-refractivity contribution is 0.305. The van der Waals surface area contributed by atoms with Crippen molar-refractivity contribution in [3.05, 3.63) is 87.1 Å². The average Bonchev–Trinajstić information content (AvgIpc) is 3.42. The summed E-state index contributed by atoms with van der Waals surface area (Å²) in [5, 5.41) is 4.99. The number of aromatic nitrogens is 2. The summed E-state index contributed by atoms with van der Waals surface area (Å²) < 4.78 is 43.9. The fraction of sp³-hybridized carbons (Fsp3) is 0.217. The lowest BCUT2D eigenvalue weighted by atomic mass is 10.1. The highest BCUT2D eigenvalue weighted by Crippen LogP contribution is 2.26. The van der Waals surface area contributed by atoms with Gasteiger partial charge in [0.2, 0.25) is 0 Å². The van der Waals surface area contributed by atoms with Gasteiger partial charge in [-0.3, -0.25) is 0 Å². The van der Waals surface area contributed by atoms with Crippen LogP contribution in [0.2, 0.25) is 0 Å². The first-order valence-electron chi connectivity index (χ1n) is 9.96. The third-order valence-corrected chi connectivity index (χ3v) is 7.95. The van der Waals surface area contributed by atoms with Crippen molar-refractivity contribution in [1.29, 1.82) is 0 Å². The predicted molar refractivity (Wildman–Crippen MR) is 126 cm³/mol. The topological polar surface area (TPSA) is 69.2 Å². The van der Waals surface area contributed by atoms with Crippen LogP contribution in [-0.2, 0) is 34.4 Å². The highest BCUT2D eigenvalue weighted by atomic mass is 32.2. The van der Waals surface area contributed by atoms with Crippen LogP contribution in [0.15, 0.2) is 59.3 Å². The van der Waals surface area contributed by atoms with Crippen LogP contribution in [0.4, 0.5) is 4.39 Å². The number of hydrogen-bond acceptors (Lipinski definition) is 7. The third-order valence-electron chi connectivity index (χ3n) is 4.67. The van der Waals surface area contributed by atoms with Crippen LogP contribution in [0.3, 0.4) is 0 Å². The van der Waals surface area contributed by atoms with Crippen LogP contribution in [0.5, 0.6) is 5.75 Å².